The number of aromatic carboxylic acids is 1. The molecule has 0 bridgehead atoms. The minimum atomic E-state index is -0.930. The molecular formula is C12H19N3O3. The van der Waals surface area contributed by atoms with Gasteiger partial charge in [0, 0.05) is 26.8 Å². The van der Waals surface area contributed by atoms with Gasteiger partial charge in [-0.1, -0.05) is 0 Å². The molecule has 1 aliphatic heterocycles. The van der Waals surface area contributed by atoms with E-state index in [1.165, 1.54) is 0 Å². The van der Waals surface area contributed by atoms with Crippen molar-refractivity contribution < 1.29 is 14.6 Å². The number of hydrogen-bond acceptors (Lipinski definition) is 4. The Kier molecular flexibility index (Phi) is 3.21. The van der Waals surface area contributed by atoms with Crippen molar-refractivity contribution in [2.24, 2.45) is 7.05 Å². The fourth-order valence-electron chi connectivity index (χ4n) is 2.41. The van der Waals surface area contributed by atoms with Gasteiger partial charge in [-0.25, -0.2) is 4.79 Å². The van der Waals surface area contributed by atoms with Crippen LogP contribution in [-0.4, -0.2) is 60.9 Å². The summed E-state index contributed by atoms with van der Waals surface area (Å²) < 4.78 is 7.46. The van der Waals surface area contributed by atoms with Gasteiger partial charge in [-0.2, -0.15) is 0 Å². The maximum absolute atomic E-state index is 11.2. The van der Waals surface area contributed by atoms with E-state index in [0.717, 1.165) is 6.54 Å². The lowest BCUT2D eigenvalue weighted by Crippen LogP contribution is -2.43. The number of nitrogens with zero attached hydrogens (tertiary/aromatic N) is 3. The number of anilines is 1. The van der Waals surface area contributed by atoms with Gasteiger partial charge in [0.05, 0.1) is 6.54 Å². The second-order valence-corrected chi connectivity index (χ2v) is 4.99. The summed E-state index contributed by atoms with van der Waals surface area (Å²) in [4.78, 5) is 15.3. The van der Waals surface area contributed by atoms with Gasteiger partial charge in [-0.3, -0.25) is 0 Å². The molecule has 0 saturated heterocycles. The lowest BCUT2D eigenvalue weighted by atomic mass is 10.2. The van der Waals surface area contributed by atoms with E-state index in [4.69, 9.17) is 4.74 Å². The zero-order chi connectivity index (χ0) is 13.4. The van der Waals surface area contributed by atoms with Crippen LogP contribution >= 0.6 is 0 Å². The van der Waals surface area contributed by atoms with Gasteiger partial charge in [0.2, 0.25) is 0 Å². The van der Waals surface area contributed by atoms with Crippen LogP contribution in [0.3, 0.4) is 0 Å². The largest absolute Gasteiger partial charge is 0.483 e. The Labute approximate surface area is 106 Å². The molecule has 6 nitrogen and oxygen atoms in total. The van der Waals surface area contributed by atoms with Gasteiger partial charge in [0.25, 0.3) is 0 Å². The summed E-state index contributed by atoms with van der Waals surface area (Å²) in [7, 11) is 7.61. The van der Waals surface area contributed by atoms with Crippen LogP contribution in [0.1, 0.15) is 10.5 Å². The Morgan fingerprint density at radius 1 is 1.56 bits per heavy atom. The molecule has 1 aromatic rings. The number of carboxylic acids is 1. The number of aryl methyl sites for hydroxylation is 1. The highest BCUT2D eigenvalue weighted by Crippen LogP contribution is 2.37. The molecule has 1 atom stereocenters. The molecule has 2 heterocycles. The average Bonchev–Trinajstić information content (AvgIpc) is 2.53. The van der Waals surface area contributed by atoms with Crippen molar-refractivity contribution in [2.75, 3.05) is 39.1 Å². The lowest BCUT2D eigenvalue weighted by Gasteiger charge is -2.33. The highest BCUT2D eigenvalue weighted by molar-refractivity contribution is 5.95. The SMILES string of the molecule is CN(C)CC1CN(C)c2c(cn(C)c2C(=O)O)O1. The van der Waals surface area contributed by atoms with E-state index in [0.29, 0.717) is 18.0 Å². The topological polar surface area (TPSA) is 57.9 Å². The van der Waals surface area contributed by atoms with Crippen LogP contribution in [0, 0.1) is 0 Å². The van der Waals surface area contributed by atoms with Crippen molar-refractivity contribution >= 4 is 11.7 Å². The molecule has 1 aliphatic rings. The van der Waals surface area contributed by atoms with Crippen molar-refractivity contribution in [3.63, 3.8) is 0 Å². The Hall–Kier alpha value is -1.69. The smallest absolute Gasteiger partial charge is 0.354 e. The highest BCUT2D eigenvalue weighted by atomic mass is 16.5. The Morgan fingerprint density at radius 3 is 2.78 bits per heavy atom. The molecule has 6 heteroatoms. The molecule has 1 aromatic heterocycles. The zero-order valence-electron chi connectivity index (χ0n) is 11.2. The Balaban J connectivity index is 2.33. The summed E-state index contributed by atoms with van der Waals surface area (Å²) in [5, 5.41) is 9.23. The molecule has 0 radical (unpaired) electrons. The van der Waals surface area contributed by atoms with E-state index < -0.39 is 5.97 Å². The van der Waals surface area contributed by atoms with E-state index in [-0.39, 0.29) is 11.8 Å². The van der Waals surface area contributed by atoms with E-state index >= 15 is 0 Å². The van der Waals surface area contributed by atoms with Crippen LogP contribution in [0.15, 0.2) is 6.20 Å². The quantitative estimate of drug-likeness (QED) is 0.849. The summed E-state index contributed by atoms with van der Waals surface area (Å²) in [5.74, 6) is -0.282. The summed E-state index contributed by atoms with van der Waals surface area (Å²) in [6, 6.07) is 0. The molecule has 0 aromatic carbocycles. The summed E-state index contributed by atoms with van der Waals surface area (Å²) in [5.41, 5.74) is 0.941. The molecule has 1 N–H and O–H groups in total. The first kappa shape index (κ1) is 12.8. The van der Waals surface area contributed by atoms with Crippen LogP contribution in [-0.2, 0) is 7.05 Å². The van der Waals surface area contributed by atoms with E-state index in [1.54, 1.807) is 17.8 Å². The van der Waals surface area contributed by atoms with Crippen LogP contribution in [0.4, 0.5) is 5.69 Å². The molecule has 0 aliphatic carbocycles. The third-order valence-corrected chi connectivity index (χ3v) is 3.05. The molecule has 2 rings (SSSR count). The molecular weight excluding hydrogens is 234 g/mol. The summed E-state index contributed by atoms with van der Waals surface area (Å²) >= 11 is 0. The van der Waals surface area contributed by atoms with Gasteiger partial charge in [-0.15, -0.1) is 0 Å². The first-order valence-electron chi connectivity index (χ1n) is 5.85. The summed E-state index contributed by atoms with van der Waals surface area (Å²) in [6.45, 7) is 1.50. The predicted octanol–water partition coefficient (Wildman–Crippen LogP) is 0.482. The highest BCUT2D eigenvalue weighted by Gasteiger charge is 2.31. The molecule has 0 fully saturated rings. The van der Waals surface area contributed by atoms with E-state index in [9.17, 15) is 9.90 Å². The molecule has 0 saturated carbocycles. The molecule has 1 unspecified atom stereocenters. The number of rotatable bonds is 3. The van der Waals surface area contributed by atoms with Crippen LogP contribution < -0.4 is 9.64 Å². The molecule has 18 heavy (non-hydrogen) atoms. The number of carbonyl (C=O) groups is 1. The van der Waals surface area contributed by atoms with Gasteiger partial charge in [0.1, 0.15) is 11.8 Å². The van der Waals surface area contributed by atoms with Crippen molar-refractivity contribution in [3.05, 3.63) is 11.9 Å². The lowest BCUT2D eigenvalue weighted by molar-refractivity contribution is 0.0686. The monoisotopic (exact) mass is 253 g/mol. The minimum absolute atomic E-state index is 0.0570. The van der Waals surface area contributed by atoms with Crippen LogP contribution in [0.5, 0.6) is 5.75 Å². The second kappa shape index (κ2) is 4.53. The number of fused-ring (bicyclic) bond motifs is 1. The van der Waals surface area contributed by atoms with Gasteiger partial charge in [0.15, 0.2) is 11.4 Å². The van der Waals surface area contributed by atoms with Crippen molar-refractivity contribution in [1.29, 1.82) is 0 Å². The van der Waals surface area contributed by atoms with Crippen LogP contribution in [0.25, 0.3) is 0 Å². The number of aromatic nitrogens is 1. The fraction of sp³-hybridized carbons (Fsp3) is 0.583. The van der Waals surface area contributed by atoms with E-state index in [1.807, 2.05) is 26.0 Å². The number of ether oxygens (including phenoxy) is 1. The van der Waals surface area contributed by atoms with Crippen molar-refractivity contribution in [1.82, 2.24) is 9.47 Å². The standard InChI is InChI=1S/C12H19N3O3/c1-13(2)5-8-6-14(3)10-9(18-8)7-15(4)11(10)12(16)17/h7-8H,5-6H2,1-4H3,(H,16,17). The van der Waals surface area contributed by atoms with Crippen LogP contribution in [0.2, 0.25) is 0 Å². The number of likely N-dealkylation sites (N-methyl/N-ethyl adjacent to an activating group) is 2. The predicted molar refractivity (Wildman–Crippen MR) is 68.6 cm³/mol. The van der Waals surface area contributed by atoms with Gasteiger partial charge >= 0.3 is 5.97 Å². The molecule has 100 valence electrons. The average molecular weight is 253 g/mol. The number of carboxylic acid groups (broad SMARTS) is 1. The minimum Gasteiger partial charge on any atom is -0.483 e. The zero-order valence-corrected chi connectivity index (χ0v) is 11.2. The maximum atomic E-state index is 11.2. The summed E-state index contributed by atoms with van der Waals surface area (Å²) in [6.07, 6.45) is 1.79. The second-order valence-electron chi connectivity index (χ2n) is 4.99. The van der Waals surface area contributed by atoms with Crippen molar-refractivity contribution in [2.45, 2.75) is 6.10 Å². The molecule has 0 amide bonds. The normalized spacial score (nSPS) is 18.7. The Bertz CT molecular complexity index is 467. The first-order valence-corrected chi connectivity index (χ1v) is 5.85. The molecule has 0 spiro atoms. The number of hydrogen-bond donors (Lipinski definition) is 1. The third-order valence-electron chi connectivity index (χ3n) is 3.05. The first-order chi connectivity index (χ1) is 8.40. The Morgan fingerprint density at radius 2 is 2.22 bits per heavy atom. The third kappa shape index (κ3) is 2.15. The maximum Gasteiger partial charge on any atom is 0.354 e. The van der Waals surface area contributed by atoms with Gasteiger partial charge < -0.3 is 24.2 Å². The fourth-order valence-corrected chi connectivity index (χ4v) is 2.41. The van der Waals surface area contributed by atoms with Gasteiger partial charge in [-0.05, 0) is 14.1 Å². The van der Waals surface area contributed by atoms with Crippen molar-refractivity contribution in [3.8, 4) is 5.75 Å². The van der Waals surface area contributed by atoms with E-state index in [2.05, 4.69) is 4.90 Å².